The van der Waals surface area contributed by atoms with Crippen LogP contribution >= 0.6 is 11.6 Å². The highest BCUT2D eigenvalue weighted by Crippen LogP contribution is 2.40. The predicted molar refractivity (Wildman–Crippen MR) is 153 cm³/mol. The number of likely N-dealkylation sites (tertiary alicyclic amines) is 2. The fraction of sp³-hybridized carbons (Fsp3) is 0.548. The number of carbonyl (C=O) groups excluding carboxylic acids is 2. The molecule has 0 bridgehead atoms. The summed E-state index contributed by atoms with van der Waals surface area (Å²) in [5.41, 5.74) is 2.38. The summed E-state index contributed by atoms with van der Waals surface area (Å²) in [6.07, 6.45) is 1.58. The first kappa shape index (κ1) is 31.0. The number of carbonyl (C=O) groups is 2. The van der Waals surface area contributed by atoms with Gasteiger partial charge in [0.1, 0.15) is 11.6 Å². The van der Waals surface area contributed by atoms with Crippen LogP contribution in [0.2, 0.25) is 5.02 Å². The lowest BCUT2D eigenvalue weighted by Gasteiger charge is -2.36. The van der Waals surface area contributed by atoms with Crippen molar-refractivity contribution in [2.45, 2.75) is 78.3 Å². The standard InChI is InChI=1S/C30H38ClF2N3O2.CH4/c1-18(34-19(2)37)25-14-21(31)6-8-23(25)20-10-12-35(13-11-20)29(38)27-17-36(30(3,4)5)16-26(27)24-9-7-22(32)15-28(24)33;/h6-9,14-15,18,20,26-27H,10-13,16-17H2,1-5H3,(H,34,37);1H4/t18-,26-,27?;/m0./s1. The molecule has 39 heavy (non-hydrogen) atoms. The van der Waals surface area contributed by atoms with Crippen LogP contribution in [0.25, 0.3) is 0 Å². The quantitative estimate of drug-likeness (QED) is 0.443. The second-order valence-corrected chi connectivity index (χ2v) is 12.2. The van der Waals surface area contributed by atoms with Crippen LogP contribution in [-0.4, -0.2) is 53.3 Å². The van der Waals surface area contributed by atoms with Crippen LogP contribution in [-0.2, 0) is 9.59 Å². The molecule has 2 aliphatic heterocycles. The van der Waals surface area contributed by atoms with Crippen LogP contribution in [0.5, 0.6) is 0 Å². The Bertz CT molecular complexity index is 1190. The third-order valence-corrected chi connectivity index (χ3v) is 8.36. The summed E-state index contributed by atoms with van der Waals surface area (Å²) in [5.74, 6) is -1.76. The van der Waals surface area contributed by atoms with Crippen molar-refractivity contribution >= 4 is 23.4 Å². The van der Waals surface area contributed by atoms with Crippen molar-refractivity contribution in [3.8, 4) is 0 Å². The van der Waals surface area contributed by atoms with E-state index in [1.54, 1.807) is 0 Å². The van der Waals surface area contributed by atoms with Crippen molar-refractivity contribution in [2.24, 2.45) is 5.92 Å². The van der Waals surface area contributed by atoms with Crippen LogP contribution in [0.4, 0.5) is 8.78 Å². The minimum Gasteiger partial charge on any atom is -0.350 e. The molecule has 214 valence electrons. The van der Waals surface area contributed by atoms with Crippen molar-refractivity contribution in [1.82, 2.24) is 15.1 Å². The number of nitrogens with zero attached hydrogens (tertiary/aromatic N) is 2. The smallest absolute Gasteiger partial charge is 0.227 e. The summed E-state index contributed by atoms with van der Waals surface area (Å²) in [6.45, 7) is 12.0. The Morgan fingerprint density at radius 2 is 1.67 bits per heavy atom. The average Bonchev–Trinajstić information content (AvgIpc) is 3.29. The molecule has 2 aromatic carbocycles. The highest BCUT2D eigenvalue weighted by atomic mass is 35.5. The molecule has 3 atom stereocenters. The van der Waals surface area contributed by atoms with Gasteiger partial charge in [0.05, 0.1) is 12.0 Å². The number of halogens is 3. The van der Waals surface area contributed by atoms with E-state index in [0.29, 0.717) is 36.8 Å². The Morgan fingerprint density at radius 3 is 2.26 bits per heavy atom. The molecule has 0 radical (unpaired) electrons. The Hall–Kier alpha value is -2.51. The van der Waals surface area contributed by atoms with Gasteiger partial charge in [-0.2, -0.15) is 0 Å². The second-order valence-electron chi connectivity index (χ2n) is 11.7. The monoisotopic (exact) mass is 561 g/mol. The van der Waals surface area contributed by atoms with Gasteiger partial charge in [-0.1, -0.05) is 31.2 Å². The molecule has 1 N–H and O–H groups in total. The van der Waals surface area contributed by atoms with Crippen LogP contribution in [0.1, 0.15) is 89.5 Å². The average molecular weight is 562 g/mol. The second kappa shape index (κ2) is 12.3. The zero-order valence-electron chi connectivity index (χ0n) is 22.9. The molecule has 2 heterocycles. The number of rotatable bonds is 5. The van der Waals surface area contributed by atoms with Crippen LogP contribution in [0.3, 0.4) is 0 Å². The van der Waals surface area contributed by atoms with Crippen molar-refractivity contribution in [3.05, 3.63) is 69.7 Å². The van der Waals surface area contributed by atoms with E-state index in [0.717, 1.165) is 30.0 Å². The zero-order chi connectivity index (χ0) is 27.8. The summed E-state index contributed by atoms with van der Waals surface area (Å²) in [5, 5.41) is 3.58. The van der Waals surface area contributed by atoms with Crippen LogP contribution < -0.4 is 5.32 Å². The molecule has 0 saturated carbocycles. The van der Waals surface area contributed by atoms with Crippen molar-refractivity contribution in [1.29, 1.82) is 0 Å². The molecule has 2 aliphatic rings. The molecule has 1 unspecified atom stereocenters. The van der Waals surface area contributed by atoms with Gasteiger partial charge in [-0.15, -0.1) is 0 Å². The normalized spacial score (nSPS) is 21.4. The largest absolute Gasteiger partial charge is 0.350 e. The third-order valence-electron chi connectivity index (χ3n) is 8.13. The predicted octanol–water partition coefficient (Wildman–Crippen LogP) is 6.67. The maximum absolute atomic E-state index is 14.8. The number of hydrogen-bond acceptors (Lipinski definition) is 3. The molecule has 2 aromatic rings. The summed E-state index contributed by atoms with van der Waals surface area (Å²) < 4.78 is 28.5. The molecule has 8 heteroatoms. The molecule has 0 aliphatic carbocycles. The number of piperidine rings is 1. The maximum Gasteiger partial charge on any atom is 0.227 e. The number of nitrogens with one attached hydrogen (secondary N) is 1. The SMILES string of the molecule is C.CC(=O)N[C@@H](C)c1cc(Cl)ccc1C1CCN(C(=O)C2CN(C(C)(C)C)C[C@H]2c2ccc(F)cc2F)CC1. The Balaban J connectivity index is 0.00000420. The Labute approximate surface area is 236 Å². The van der Waals surface area contributed by atoms with Crippen molar-refractivity contribution in [2.75, 3.05) is 26.2 Å². The molecule has 4 rings (SSSR count). The van der Waals surface area contributed by atoms with E-state index < -0.39 is 17.6 Å². The van der Waals surface area contributed by atoms with Crippen molar-refractivity contribution < 1.29 is 18.4 Å². The highest BCUT2D eigenvalue weighted by Gasteiger charge is 2.44. The van der Waals surface area contributed by atoms with Gasteiger partial charge >= 0.3 is 0 Å². The van der Waals surface area contributed by atoms with Crippen LogP contribution in [0.15, 0.2) is 36.4 Å². The minimum absolute atomic E-state index is 0. The van der Waals surface area contributed by atoms with Crippen LogP contribution in [0, 0.1) is 17.6 Å². The third kappa shape index (κ3) is 6.98. The summed E-state index contributed by atoms with van der Waals surface area (Å²) in [6, 6.07) is 9.32. The lowest BCUT2D eigenvalue weighted by Crippen LogP contribution is -2.44. The Kier molecular flexibility index (Phi) is 9.82. The molecule has 5 nitrogen and oxygen atoms in total. The maximum atomic E-state index is 14.8. The van der Waals surface area contributed by atoms with E-state index >= 15 is 0 Å². The highest BCUT2D eigenvalue weighted by molar-refractivity contribution is 6.30. The van der Waals surface area contributed by atoms with Gasteiger partial charge in [-0.25, -0.2) is 8.78 Å². The molecular weight excluding hydrogens is 520 g/mol. The van der Waals surface area contributed by atoms with E-state index in [4.69, 9.17) is 11.6 Å². The van der Waals surface area contributed by atoms with E-state index in [1.165, 1.54) is 19.1 Å². The van der Waals surface area contributed by atoms with Gasteiger partial charge in [0.2, 0.25) is 11.8 Å². The first-order chi connectivity index (χ1) is 17.8. The first-order valence-corrected chi connectivity index (χ1v) is 13.8. The van der Waals surface area contributed by atoms with E-state index in [1.807, 2.05) is 30.0 Å². The van der Waals surface area contributed by atoms with Gasteiger partial charge in [-0.3, -0.25) is 14.5 Å². The van der Waals surface area contributed by atoms with Gasteiger partial charge in [-0.05, 0) is 81.3 Å². The lowest BCUT2D eigenvalue weighted by molar-refractivity contribution is -0.136. The molecule has 2 fully saturated rings. The first-order valence-electron chi connectivity index (χ1n) is 13.4. The van der Waals surface area contributed by atoms with Gasteiger partial charge in [0, 0.05) is 55.6 Å². The molecule has 2 saturated heterocycles. The van der Waals surface area contributed by atoms with Gasteiger partial charge in [0.15, 0.2) is 0 Å². The fourth-order valence-corrected chi connectivity index (χ4v) is 6.22. The zero-order valence-corrected chi connectivity index (χ0v) is 23.6. The van der Waals surface area contributed by atoms with E-state index in [9.17, 15) is 18.4 Å². The number of hydrogen-bond donors (Lipinski definition) is 1. The van der Waals surface area contributed by atoms with E-state index in [2.05, 4.69) is 31.0 Å². The topological polar surface area (TPSA) is 52.7 Å². The molecular formula is C31H42ClF2N3O2. The van der Waals surface area contributed by atoms with E-state index in [-0.39, 0.29) is 42.7 Å². The Morgan fingerprint density at radius 1 is 1.03 bits per heavy atom. The summed E-state index contributed by atoms with van der Waals surface area (Å²) in [7, 11) is 0. The lowest BCUT2D eigenvalue weighted by atomic mass is 9.83. The summed E-state index contributed by atoms with van der Waals surface area (Å²) >= 11 is 6.28. The van der Waals surface area contributed by atoms with Crippen molar-refractivity contribution in [3.63, 3.8) is 0 Å². The number of benzene rings is 2. The van der Waals surface area contributed by atoms with Gasteiger partial charge < -0.3 is 10.2 Å². The minimum atomic E-state index is -0.615. The number of amides is 2. The molecule has 0 spiro atoms. The summed E-state index contributed by atoms with van der Waals surface area (Å²) in [4.78, 5) is 29.7. The fourth-order valence-electron chi connectivity index (χ4n) is 6.04. The molecule has 0 aromatic heterocycles. The molecule has 2 amide bonds. The van der Waals surface area contributed by atoms with Gasteiger partial charge in [0.25, 0.3) is 0 Å².